The molecule has 11 nitrogen and oxygen atoms in total. The molecule has 0 amide bonds. The predicted molar refractivity (Wildman–Crippen MR) is 268 cm³/mol. The number of unbranched alkanes of at least 4 members (excludes halogenated alkanes) is 4. The minimum absolute atomic E-state index is 0.230. The summed E-state index contributed by atoms with van der Waals surface area (Å²) < 4.78 is 44.4. The molecule has 0 N–H and O–H groups in total. The van der Waals surface area contributed by atoms with E-state index in [9.17, 15) is 0 Å². The van der Waals surface area contributed by atoms with Crippen molar-refractivity contribution in [2.75, 3.05) is 66.1 Å². The van der Waals surface area contributed by atoms with Gasteiger partial charge in [-0.15, -0.1) is 0 Å². The van der Waals surface area contributed by atoms with Crippen LogP contribution < -0.4 is 0 Å². The third-order valence-electron chi connectivity index (χ3n) is 14.0. The molecule has 10 rings (SSSR count). The normalized spacial score (nSPS) is 15.4. The monoisotopic (exact) mass is 916 g/mol. The molecule has 5 aromatic carbocycles. The Morgan fingerprint density at radius 3 is 1.56 bits per heavy atom. The lowest BCUT2D eigenvalue weighted by Gasteiger charge is -2.40. The molecule has 354 valence electrons. The van der Waals surface area contributed by atoms with E-state index in [0.717, 1.165) is 170 Å². The zero-order valence-corrected chi connectivity index (χ0v) is 39.7. The van der Waals surface area contributed by atoms with Crippen LogP contribution in [-0.4, -0.2) is 85.6 Å². The Hall–Kier alpha value is -5.53. The number of hydrogen-bond donors (Lipinski definition) is 0. The zero-order valence-electron chi connectivity index (χ0n) is 39.7. The molecule has 0 saturated carbocycles. The molecule has 0 atom stereocenters. The van der Waals surface area contributed by atoms with Crippen molar-refractivity contribution in [1.29, 1.82) is 0 Å². The second kappa shape index (κ2) is 21.4. The minimum atomic E-state index is 0.230. The summed E-state index contributed by atoms with van der Waals surface area (Å²) in [5.74, 6) is 1.74. The lowest BCUT2D eigenvalue weighted by molar-refractivity contribution is -0.150. The molecule has 2 fully saturated rings. The zero-order chi connectivity index (χ0) is 46.2. The van der Waals surface area contributed by atoms with Crippen molar-refractivity contribution in [3.8, 4) is 28.7 Å². The predicted octanol–water partition coefficient (Wildman–Crippen LogP) is 12.5. The van der Waals surface area contributed by atoms with Crippen LogP contribution in [-0.2, 0) is 41.6 Å². The number of fused-ring (bicyclic) bond motifs is 7. The van der Waals surface area contributed by atoms with E-state index in [1.807, 2.05) is 60.7 Å². The summed E-state index contributed by atoms with van der Waals surface area (Å²) in [7, 11) is 0. The van der Waals surface area contributed by atoms with Gasteiger partial charge in [-0.05, 0) is 98.9 Å². The highest BCUT2D eigenvalue weighted by Gasteiger charge is 2.37. The maximum Gasteiger partial charge on any atom is 0.238 e. The van der Waals surface area contributed by atoms with Gasteiger partial charge < -0.3 is 32.8 Å². The summed E-state index contributed by atoms with van der Waals surface area (Å²) in [6, 6.07) is 37.5. The molecular formula is C57H64N4O7. The van der Waals surface area contributed by atoms with Gasteiger partial charge in [-0.1, -0.05) is 86.6 Å². The first-order valence-corrected chi connectivity index (χ1v) is 24.8. The van der Waals surface area contributed by atoms with Crippen molar-refractivity contribution in [1.82, 2.24) is 19.5 Å². The van der Waals surface area contributed by atoms with Gasteiger partial charge in [-0.3, -0.25) is 4.57 Å². The van der Waals surface area contributed by atoms with Crippen molar-refractivity contribution in [3.05, 3.63) is 120 Å². The second-order valence-corrected chi connectivity index (χ2v) is 19.0. The van der Waals surface area contributed by atoms with Gasteiger partial charge in [0.1, 0.15) is 11.2 Å². The average molecular weight is 917 g/mol. The van der Waals surface area contributed by atoms with Gasteiger partial charge in [-0.25, -0.2) is 4.98 Å². The van der Waals surface area contributed by atoms with Gasteiger partial charge in [0.25, 0.3) is 0 Å². The lowest BCUT2D eigenvalue weighted by atomic mass is 9.84. The van der Waals surface area contributed by atoms with Crippen LogP contribution in [0.5, 0.6) is 0 Å². The van der Waals surface area contributed by atoms with E-state index < -0.39 is 0 Å². The fraction of sp³-hybridized carbons (Fsp3) is 0.421. The molecular weight excluding hydrogens is 853 g/mol. The average Bonchev–Trinajstić information content (AvgIpc) is 3.90. The quantitative estimate of drug-likeness (QED) is 0.0514. The molecule has 0 radical (unpaired) electrons. The summed E-state index contributed by atoms with van der Waals surface area (Å²) >= 11 is 0. The maximum absolute atomic E-state index is 6.85. The van der Waals surface area contributed by atoms with E-state index in [1.54, 1.807) is 0 Å². The van der Waals surface area contributed by atoms with Crippen LogP contribution in [0.2, 0.25) is 0 Å². The van der Waals surface area contributed by atoms with Gasteiger partial charge in [0.15, 0.2) is 11.6 Å². The molecule has 0 aliphatic carbocycles. The molecule has 2 saturated heterocycles. The maximum atomic E-state index is 6.85. The molecule has 0 spiro atoms. The van der Waals surface area contributed by atoms with Crippen LogP contribution in [0.15, 0.2) is 114 Å². The second-order valence-electron chi connectivity index (χ2n) is 19.0. The largest absolute Gasteiger partial charge is 0.455 e. The Labute approximate surface area is 399 Å². The van der Waals surface area contributed by atoms with E-state index in [0.29, 0.717) is 44.0 Å². The van der Waals surface area contributed by atoms with Gasteiger partial charge in [0, 0.05) is 64.5 Å². The molecule has 68 heavy (non-hydrogen) atoms. The van der Waals surface area contributed by atoms with Crippen LogP contribution in [0.3, 0.4) is 0 Å². The van der Waals surface area contributed by atoms with Crippen molar-refractivity contribution in [2.45, 2.75) is 78.4 Å². The highest BCUT2D eigenvalue weighted by molar-refractivity contribution is 6.23. The van der Waals surface area contributed by atoms with Crippen molar-refractivity contribution in [3.63, 3.8) is 0 Å². The van der Waals surface area contributed by atoms with E-state index in [-0.39, 0.29) is 10.8 Å². The summed E-state index contributed by atoms with van der Waals surface area (Å²) in [5, 5.41) is 4.16. The van der Waals surface area contributed by atoms with Crippen LogP contribution in [0.25, 0.3) is 72.5 Å². The number of ether oxygens (including phenoxy) is 6. The van der Waals surface area contributed by atoms with E-state index in [4.69, 9.17) is 47.8 Å². The fourth-order valence-corrected chi connectivity index (χ4v) is 9.41. The summed E-state index contributed by atoms with van der Waals surface area (Å²) in [4.78, 5) is 15.3. The Morgan fingerprint density at radius 1 is 0.515 bits per heavy atom. The number of aromatic nitrogens is 4. The minimum Gasteiger partial charge on any atom is -0.455 e. The first-order valence-electron chi connectivity index (χ1n) is 24.8. The third-order valence-corrected chi connectivity index (χ3v) is 14.0. The Kier molecular flexibility index (Phi) is 14.5. The SMILES string of the molecule is CCC1(COCCCCCOCc2ccc3oc4c(ccc5c4c4cc(COCCCCCOCC6(CC)COC6)ccc4n5-c4nc(-c5ccccc5)nc(-c5ccccc5)n4)c3c2)COC1. The Bertz CT molecular complexity index is 2850. The molecule has 11 heteroatoms. The highest BCUT2D eigenvalue weighted by Crippen LogP contribution is 2.41. The summed E-state index contributed by atoms with van der Waals surface area (Å²) in [6.07, 6.45) is 8.41. The lowest BCUT2D eigenvalue weighted by Crippen LogP contribution is -2.45. The number of benzene rings is 5. The van der Waals surface area contributed by atoms with E-state index >= 15 is 0 Å². The molecule has 0 unspecified atom stereocenters. The number of nitrogens with zero attached hydrogens (tertiary/aromatic N) is 4. The molecule has 0 bridgehead atoms. The third kappa shape index (κ3) is 10.1. The van der Waals surface area contributed by atoms with E-state index in [2.05, 4.69) is 66.9 Å². The standard InChI is InChI=1S/C57H64N4O7/c1-3-56(37-66-38-56)35-64-29-15-7-13-27-62-33-41-21-24-48-47(32-41)51-49(61(48)55-59-53(43-17-9-5-10-18-43)58-54(60-55)44-19-11-6-12-20-44)25-23-45-46-31-42(22-26-50(46)68-52(45)51)34-63-28-14-8-16-30-65-36-57(4-2)39-67-40-57/h5-6,9-12,17-26,31-32H,3-4,7-8,13-16,27-30,33-40H2,1-2H3. The molecule has 8 aromatic rings. The fourth-order valence-electron chi connectivity index (χ4n) is 9.41. The highest BCUT2D eigenvalue weighted by atomic mass is 16.5. The summed E-state index contributed by atoms with van der Waals surface area (Å²) in [5.41, 5.74) is 8.08. The molecule has 2 aliphatic rings. The van der Waals surface area contributed by atoms with Gasteiger partial charge in [0.2, 0.25) is 5.95 Å². The summed E-state index contributed by atoms with van der Waals surface area (Å²) in [6.45, 7) is 13.3. The van der Waals surface area contributed by atoms with Crippen LogP contribution in [0.4, 0.5) is 0 Å². The van der Waals surface area contributed by atoms with Crippen molar-refractivity contribution in [2.24, 2.45) is 10.8 Å². The Balaban J connectivity index is 0.899. The number of rotatable bonds is 25. The van der Waals surface area contributed by atoms with Crippen molar-refractivity contribution < 1.29 is 32.8 Å². The molecule has 3 aromatic heterocycles. The van der Waals surface area contributed by atoms with Crippen LogP contribution in [0, 0.1) is 10.8 Å². The number of hydrogen-bond acceptors (Lipinski definition) is 10. The van der Waals surface area contributed by atoms with Gasteiger partial charge in [0.05, 0.1) is 69.3 Å². The smallest absolute Gasteiger partial charge is 0.238 e. The first-order chi connectivity index (χ1) is 33.5. The van der Waals surface area contributed by atoms with Gasteiger partial charge >= 0.3 is 0 Å². The molecule has 2 aliphatic heterocycles. The van der Waals surface area contributed by atoms with E-state index in [1.165, 1.54) is 0 Å². The number of furan rings is 1. The van der Waals surface area contributed by atoms with Gasteiger partial charge in [-0.2, -0.15) is 9.97 Å². The van der Waals surface area contributed by atoms with Crippen LogP contribution in [0.1, 0.15) is 76.3 Å². The first kappa shape index (κ1) is 46.2. The van der Waals surface area contributed by atoms with Crippen molar-refractivity contribution >= 4 is 43.7 Å². The molecule has 5 heterocycles. The Morgan fingerprint density at radius 2 is 1.03 bits per heavy atom. The topological polar surface area (TPSA) is 112 Å². The van der Waals surface area contributed by atoms with Crippen LogP contribution >= 0.6 is 0 Å².